The molecule has 0 saturated carbocycles. The molecular formula is C18H25N3O2. The maximum atomic E-state index is 12.3. The molecule has 2 aromatic rings. The smallest absolute Gasteiger partial charge is 0.410 e. The number of ether oxygens (including phenoxy) is 1. The summed E-state index contributed by atoms with van der Waals surface area (Å²) in [5, 5.41) is 1.23. The standard InChI is InChI=1S/C18H25N3O2/c1-18(2,3)23-17(22)21-11-5-10-20(12-13-21)16-7-4-6-15-14(16)8-9-19-15/h4,6-9,19H,5,10-13H2,1-3H3. The summed E-state index contributed by atoms with van der Waals surface area (Å²) in [5.74, 6) is 0. The number of aromatic nitrogens is 1. The van der Waals surface area contributed by atoms with Gasteiger partial charge in [-0.05, 0) is 45.4 Å². The SMILES string of the molecule is CC(C)(C)OC(=O)N1CCCN(c2cccc3[nH]ccc23)CC1. The monoisotopic (exact) mass is 315 g/mol. The highest BCUT2D eigenvalue weighted by Crippen LogP contribution is 2.27. The summed E-state index contributed by atoms with van der Waals surface area (Å²) < 4.78 is 5.50. The van der Waals surface area contributed by atoms with Crippen LogP contribution in [0.25, 0.3) is 10.9 Å². The molecule has 23 heavy (non-hydrogen) atoms. The van der Waals surface area contributed by atoms with E-state index in [4.69, 9.17) is 4.74 Å². The fourth-order valence-electron chi connectivity index (χ4n) is 3.01. The van der Waals surface area contributed by atoms with E-state index >= 15 is 0 Å². The summed E-state index contributed by atoms with van der Waals surface area (Å²) >= 11 is 0. The molecule has 0 atom stereocenters. The van der Waals surface area contributed by atoms with E-state index in [1.54, 1.807) is 0 Å². The van der Waals surface area contributed by atoms with Gasteiger partial charge in [0.05, 0.1) is 0 Å². The van der Waals surface area contributed by atoms with Crippen LogP contribution in [0.5, 0.6) is 0 Å². The number of nitrogens with one attached hydrogen (secondary N) is 1. The van der Waals surface area contributed by atoms with E-state index in [9.17, 15) is 4.79 Å². The third kappa shape index (κ3) is 3.60. The molecule has 124 valence electrons. The Hall–Kier alpha value is -2.17. The first kappa shape index (κ1) is 15.7. The van der Waals surface area contributed by atoms with Gasteiger partial charge in [-0.25, -0.2) is 4.79 Å². The fourth-order valence-corrected chi connectivity index (χ4v) is 3.01. The molecule has 1 fully saturated rings. The van der Waals surface area contributed by atoms with E-state index in [1.807, 2.05) is 31.9 Å². The van der Waals surface area contributed by atoms with Crippen LogP contribution in [0.1, 0.15) is 27.2 Å². The van der Waals surface area contributed by atoms with Gasteiger partial charge in [-0.3, -0.25) is 0 Å². The second-order valence-corrected chi connectivity index (χ2v) is 7.02. The molecule has 2 heterocycles. The van der Waals surface area contributed by atoms with Crippen molar-refractivity contribution in [1.82, 2.24) is 9.88 Å². The van der Waals surface area contributed by atoms with Crippen molar-refractivity contribution < 1.29 is 9.53 Å². The molecule has 1 amide bonds. The van der Waals surface area contributed by atoms with Crippen molar-refractivity contribution in [2.45, 2.75) is 32.8 Å². The number of carbonyl (C=O) groups is 1. The molecule has 1 aliphatic heterocycles. The quantitative estimate of drug-likeness (QED) is 0.874. The van der Waals surface area contributed by atoms with Gasteiger partial charge in [0, 0.05) is 49.0 Å². The number of hydrogen-bond donors (Lipinski definition) is 1. The first-order chi connectivity index (χ1) is 10.9. The summed E-state index contributed by atoms with van der Waals surface area (Å²) in [5.41, 5.74) is 1.94. The van der Waals surface area contributed by atoms with Crippen LogP contribution in [-0.4, -0.2) is 47.8 Å². The highest BCUT2D eigenvalue weighted by Gasteiger charge is 2.24. The maximum Gasteiger partial charge on any atom is 0.410 e. The predicted octanol–water partition coefficient (Wildman–Crippen LogP) is 3.62. The van der Waals surface area contributed by atoms with Crippen LogP contribution in [0.15, 0.2) is 30.5 Å². The van der Waals surface area contributed by atoms with Gasteiger partial charge in [0.15, 0.2) is 0 Å². The Morgan fingerprint density at radius 3 is 2.74 bits per heavy atom. The number of H-pyrrole nitrogens is 1. The molecule has 0 aliphatic carbocycles. The van der Waals surface area contributed by atoms with Crippen molar-refractivity contribution in [2.24, 2.45) is 0 Å². The normalized spacial score (nSPS) is 16.5. The number of carbonyl (C=O) groups excluding carboxylic acids is 1. The number of amides is 1. The van der Waals surface area contributed by atoms with Crippen LogP contribution in [0, 0.1) is 0 Å². The van der Waals surface area contributed by atoms with Gasteiger partial charge in [0.1, 0.15) is 5.60 Å². The molecule has 0 unspecified atom stereocenters. The molecule has 5 nitrogen and oxygen atoms in total. The van der Waals surface area contributed by atoms with Crippen molar-refractivity contribution >= 4 is 22.7 Å². The summed E-state index contributed by atoms with van der Waals surface area (Å²) in [7, 11) is 0. The number of nitrogens with zero attached hydrogens (tertiary/aromatic N) is 2. The van der Waals surface area contributed by atoms with Gasteiger partial charge in [0.25, 0.3) is 0 Å². The number of benzene rings is 1. The zero-order chi connectivity index (χ0) is 16.4. The number of anilines is 1. The minimum Gasteiger partial charge on any atom is -0.444 e. The molecule has 1 aromatic heterocycles. The highest BCUT2D eigenvalue weighted by atomic mass is 16.6. The zero-order valence-electron chi connectivity index (χ0n) is 14.1. The zero-order valence-corrected chi connectivity index (χ0v) is 14.1. The van der Waals surface area contributed by atoms with Crippen LogP contribution in [0.2, 0.25) is 0 Å². The Bertz CT molecular complexity index is 687. The Kier molecular flexibility index (Phi) is 4.20. The van der Waals surface area contributed by atoms with Crippen molar-refractivity contribution in [3.63, 3.8) is 0 Å². The van der Waals surface area contributed by atoms with E-state index in [0.717, 1.165) is 31.6 Å². The lowest BCUT2D eigenvalue weighted by atomic mass is 10.2. The average Bonchev–Trinajstić information content (AvgIpc) is 2.81. The van der Waals surface area contributed by atoms with Crippen molar-refractivity contribution in [3.8, 4) is 0 Å². The van der Waals surface area contributed by atoms with Gasteiger partial charge in [-0.15, -0.1) is 0 Å². The number of rotatable bonds is 1. The predicted molar refractivity (Wildman–Crippen MR) is 92.9 cm³/mol. The lowest BCUT2D eigenvalue weighted by Crippen LogP contribution is -2.39. The van der Waals surface area contributed by atoms with Gasteiger partial charge < -0.3 is 19.5 Å². The average molecular weight is 315 g/mol. The fraction of sp³-hybridized carbons (Fsp3) is 0.500. The molecule has 0 radical (unpaired) electrons. The number of fused-ring (bicyclic) bond motifs is 1. The summed E-state index contributed by atoms with van der Waals surface area (Å²) in [6.07, 6.45) is 2.71. The van der Waals surface area contributed by atoms with Crippen LogP contribution in [0.4, 0.5) is 10.5 Å². The first-order valence-electron chi connectivity index (χ1n) is 8.23. The Morgan fingerprint density at radius 1 is 1.13 bits per heavy atom. The van der Waals surface area contributed by atoms with E-state index < -0.39 is 5.60 Å². The lowest BCUT2D eigenvalue weighted by molar-refractivity contribution is 0.0263. The molecule has 1 aliphatic rings. The minimum absolute atomic E-state index is 0.209. The lowest BCUT2D eigenvalue weighted by Gasteiger charge is -2.27. The number of aromatic amines is 1. The number of hydrogen-bond acceptors (Lipinski definition) is 3. The topological polar surface area (TPSA) is 48.6 Å². The Labute approximate surface area is 137 Å². The second-order valence-electron chi connectivity index (χ2n) is 7.02. The van der Waals surface area contributed by atoms with Crippen molar-refractivity contribution in [3.05, 3.63) is 30.5 Å². The molecule has 0 spiro atoms. The first-order valence-corrected chi connectivity index (χ1v) is 8.23. The van der Waals surface area contributed by atoms with Crippen LogP contribution in [-0.2, 0) is 4.74 Å². The van der Waals surface area contributed by atoms with Crippen LogP contribution >= 0.6 is 0 Å². The molecule has 0 bridgehead atoms. The van der Waals surface area contributed by atoms with Gasteiger partial charge in [0.2, 0.25) is 0 Å². The molecular weight excluding hydrogens is 290 g/mol. The van der Waals surface area contributed by atoms with Crippen LogP contribution in [0.3, 0.4) is 0 Å². The summed E-state index contributed by atoms with van der Waals surface area (Å²) in [4.78, 5) is 19.7. The largest absolute Gasteiger partial charge is 0.444 e. The van der Waals surface area contributed by atoms with E-state index in [1.165, 1.54) is 11.1 Å². The maximum absolute atomic E-state index is 12.3. The van der Waals surface area contributed by atoms with Gasteiger partial charge in [-0.2, -0.15) is 0 Å². The molecule has 5 heteroatoms. The Balaban J connectivity index is 1.71. The van der Waals surface area contributed by atoms with E-state index in [0.29, 0.717) is 6.54 Å². The second kappa shape index (κ2) is 6.14. The van der Waals surface area contributed by atoms with Crippen molar-refractivity contribution in [1.29, 1.82) is 0 Å². The van der Waals surface area contributed by atoms with Gasteiger partial charge >= 0.3 is 6.09 Å². The Morgan fingerprint density at radius 2 is 1.96 bits per heavy atom. The van der Waals surface area contributed by atoms with E-state index in [-0.39, 0.29) is 6.09 Å². The molecule has 1 saturated heterocycles. The van der Waals surface area contributed by atoms with Gasteiger partial charge in [-0.1, -0.05) is 6.07 Å². The molecule has 1 N–H and O–H groups in total. The molecule has 3 rings (SSSR count). The minimum atomic E-state index is -0.445. The molecule has 1 aromatic carbocycles. The summed E-state index contributed by atoms with van der Waals surface area (Å²) in [6.45, 7) is 8.92. The summed E-state index contributed by atoms with van der Waals surface area (Å²) in [6, 6.07) is 8.43. The highest BCUT2D eigenvalue weighted by molar-refractivity contribution is 5.92. The third-order valence-corrected chi connectivity index (χ3v) is 4.06. The third-order valence-electron chi connectivity index (χ3n) is 4.06. The van der Waals surface area contributed by atoms with Crippen LogP contribution < -0.4 is 4.90 Å². The van der Waals surface area contributed by atoms with E-state index in [2.05, 4.69) is 34.1 Å². The van der Waals surface area contributed by atoms with Crippen molar-refractivity contribution in [2.75, 3.05) is 31.1 Å².